The third kappa shape index (κ3) is 6.35. The first-order chi connectivity index (χ1) is 15.3. The first-order valence-corrected chi connectivity index (χ1v) is 10.0. The highest BCUT2D eigenvalue weighted by Gasteiger charge is 2.23. The largest absolute Gasteiger partial charge is 0.496 e. The molecule has 0 aromatic heterocycles. The molecular formula is C22H29N5O5. The molecule has 0 heterocycles. The van der Waals surface area contributed by atoms with Gasteiger partial charge in [0.15, 0.2) is 0 Å². The fraction of sp³-hybridized carbons (Fsp3) is 0.318. The van der Waals surface area contributed by atoms with Gasteiger partial charge in [0, 0.05) is 11.4 Å². The Balaban J connectivity index is 2.24. The van der Waals surface area contributed by atoms with E-state index in [9.17, 15) is 14.4 Å². The topological polar surface area (TPSA) is 172 Å². The number of carbonyl (C=O) groups is 3. The normalized spacial score (nSPS) is 11.3. The number of ether oxygens (including phenoxy) is 2. The standard InChI is InChI=1S/C22H29N5O5/c1-31-18-9-7-14(12-15(18)20(25)28)26-22(30)17(5-3-4-10-23)27-21(29)16-11-13(24)6-8-19(16)32-2/h6-9,11-12,17H,3-5,10,23-24H2,1-2H3,(H2,25,28)(H,26,30)(H,27,29). The van der Waals surface area contributed by atoms with Gasteiger partial charge < -0.3 is 37.3 Å². The SMILES string of the molecule is COc1ccc(NC(=O)C(CCCCN)NC(=O)c2cc(N)ccc2OC)cc1C(N)=O. The van der Waals surface area contributed by atoms with Gasteiger partial charge in [-0.15, -0.1) is 0 Å². The minimum atomic E-state index is -0.862. The quantitative estimate of drug-likeness (QED) is 0.257. The summed E-state index contributed by atoms with van der Waals surface area (Å²) in [5, 5.41) is 5.44. The van der Waals surface area contributed by atoms with Crippen molar-refractivity contribution < 1.29 is 23.9 Å². The maximum absolute atomic E-state index is 13.0. The highest BCUT2D eigenvalue weighted by molar-refractivity contribution is 6.03. The van der Waals surface area contributed by atoms with Gasteiger partial charge in [0.05, 0.1) is 25.3 Å². The summed E-state index contributed by atoms with van der Waals surface area (Å²) in [6.07, 6.45) is 1.67. The van der Waals surface area contributed by atoms with Crippen LogP contribution in [0, 0.1) is 0 Å². The summed E-state index contributed by atoms with van der Waals surface area (Å²) in [6, 6.07) is 8.32. The lowest BCUT2D eigenvalue weighted by Crippen LogP contribution is -2.44. The Labute approximate surface area is 186 Å². The van der Waals surface area contributed by atoms with Crippen LogP contribution in [0.5, 0.6) is 11.5 Å². The van der Waals surface area contributed by atoms with Crippen LogP contribution >= 0.6 is 0 Å². The van der Waals surface area contributed by atoms with Crippen LogP contribution in [0.1, 0.15) is 40.0 Å². The molecule has 8 N–H and O–H groups in total. The molecule has 0 bridgehead atoms. The van der Waals surface area contributed by atoms with Crippen LogP contribution in [-0.4, -0.2) is 44.5 Å². The van der Waals surface area contributed by atoms with Crippen LogP contribution < -0.4 is 37.3 Å². The fourth-order valence-electron chi connectivity index (χ4n) is 3.11. The molecule has 0 radical (unpaired) electrons. The third-order valence-corrected chi connectivity index (χ3v) is 4.77. The molecule has 0 fully saturated rings. The number of carbonyl (C=O) groups excluding carboxylic acids is 3. The Morgan fingerprint density at radius 3 is 2.25 bits per heavy atom. The Morgan fingerprint density at radius 2 is 1.62 bits per heavy atom. The number of unbranched alkanes of at least 4 members (excludes halogenated alkanes) is 1. The molecule has 10 nitrogen and oxygen atoms in total. The summed E-state index contributed by atoms with van der Waals surface area (Å²) in [4.78, 5) is 37.5. The molecule has 32 heavy (non-hydrogen) atoms. The third-order valence-electron chi connectivity index (χ3n) is 4.77. The maximum atomic E-state index is 13.0. The number of methoxy groups -OCH3 is 2. The van der Waals surface area contributed by atoms with Gasteiger partial charge >= 0.3 is 0 Å². The van der Waals surface area contributed by atoms with E-state index in [-0.39, 0.29) is 16.9 Å². The summed E-state index contributed by atoms with van der Waals surface area (Å²) in [5.74, 6) is -1.04. The second-order valence-electron chi connectivity index (χ2n) is 7.04. The zero-order valence-corrected chi connectivity index (χ0v) is 18.1. The molecule has 2 aromatic carbocycles. The lowest BCUT2D eigenvalue weighted by Gasteiger charge is -2.20. The van der Waals surface area contributed by atoms with E-state index in [1.165, 1.54) is 32.4 Å². The molecule has 2 aromatic rings. The molecular weight excluding hydrogens is 414 g/mol. The second kappa shape index (κ2) is 11.6. The van der Waals surface area contributed by atoms with Gasteiger partial charge in [0.1, 0.15) is 17.5 Å². The number of nitrogens with one attached hydrogen (secondary N) is 2. The van der Waals surface area contributed by atoms with Gasteiger partial charge in [-0.2, -0.15) is 0 Å². The van der Waals surface area contributed by atoms with Crippen LogP contribution in [-0.2, 0) is 4.79 Å². The number of amides is 3. The smallest absolute Gasteiger partial charge is 0.255 e. The second-order valence-corrected chi connectivity index (χ2v) is 7.04. The maximum Gasteiger partial charge on any atom is 0.255 e. The van der Waals surface area contributed by atoms with Crippen molar-refractivity contribution in [2.75, 3.05) is 31.8 Å². The predicted octanol–water partition coefficient (Wildman–Crippen LogP) is 1.25. The number of nitrogens with two attached hydrogens (primary N) is 3. The molecule has 3 amide bonds. The van der Waals surface area contributed by atoms with Gasteiger partial charge in [-0.05, 0) is 62.2 Å². The molecule has 10 heteroatoms. The number of nitrogen functional groups attached to an aromatic ring is 1. The first kappa shape index (κ1) is 24.5. The van der Waals surface area contributed by atoms with Gasteiger partial charge in [-0.3, -0.25) is 14.4 Å². The van der Waals surface area contributed by atoms with E-state index in [4.69, 9.17) is 26.7 Å². The summed E-state index contributed by atoms with van der Waals surface area (Å²) < 4.78 is 10.3. The van der Waals surface area contributed by atoms with Crippen molar-refractivity contribution in [2.45, 2.75) is 25.3 Å². The van der Waals surface area contributed by atoms with Crippen LogP contribution in [0.3, 0.4) is 0 Å². The van der Waals surface area contributed by atoms with Crippen molar-refractivity contribution in [1.82, 2.24) is 5.32 Å². The molecule has 0 aliphatic heterocycles. The Bertz CT molecular complexity index is 979. The fourth-order valence-corrected chi connectivity index (χ4v) is 3.11. The van der Waals surface area contributed by atoms with Crippen LogP contribution in [0.2, 0.25) is 0 Å². The van der Waals surface area contributed by atoms with Crippen LogP contribution in [0.15, 0.2) is 36.4 Å². The predicted molar refractivity (Wildman–Crippen MR) is 122 cm³/mol. The average Bonchev–Trinajstić information content (AvgIpc) is 2.78. The molecule has 0 spiro atoms. The molecule has 0 aliphatic rings. The molecule has 0 aliphatic carbocycles. The lowest BCUT2D eigenvalue weighted by molar-refractivity contribution is -0.118. The van der Waals surface area contributed by atoms with E-state index in [1.54, 1.807) is 18.2 Å². The number of hydrogen-bond donors (Lipinski definition) is 5. The lowest BCUT2D eigenvalue weighted by atomic mass is 10.1. The van der Waals surface area contributed by atoms with Crippen LogP contribution in [0.4, 0.5) is 11.4 Å². The molecule has 2 rings (SSSR count). The number of anilines is 2. The highest BCUT2D eigenvalue weighted by Crippen LogP contribution is 2.23. The summed E-state index contributed by atoms with van der Waals surface area (Å²) >= 11 is 0. The molecule has 1 unspecified atom stereocenters. The van der Waals surface area contributed by atoms with Crippen LogP contribution in [0.25, 0.3) is 0 Å². The monoisotopic (exact) mass is 443 g/mol. The summed E-state index contributed by atoms with van der Waals surface area (Å²) in [6.45, 7) is 0.464. The van der Waals surface area contributed by atoms with Crippen molar-refractivity contribution in [3.63, 3.8) is 0 Å². The average molecular weight is 444 g/mol. The van der Waals surface area contributed by atoms with Crippen molar-refractivity contribution in [3.05, 3.63) is 47.5 Å². The minimum absolute atomic E-state index is 0.124. The van der Waals surface area contributed by atoms with Gasteiger partial charge in [-0.25, -0.2) is 0 Å². The number of benzene rings is 2. The number of rotatable bonds is 11. The van der Waals surface area contributed by atoms with E-state index in [0.717, 1.165) is 0 Å². The van der Waals surface area contributed by atoms with Crippen molar-refractivity contribution >= 4 is 29.1 Å². The van der Waals surface area contributed by atoms with Crippen molar-refractivity contribution in [1.29, 1.82) is 0 Å². The van der Waals surface area contributed by atoms with E-state index in [1.807, 2.05) is 0 Å². The van der Waals surface area contributed by atoms with Gasteiger partial charge in [0.2, 0.25) is 5.91 Å². The van der Waals surface area contributed by atoms with Crippen molar-refractivity contribution in [3.8, 4) is 11.5 Å². The Kier molecular flexibility index (Phi) is 8.84. The summed E-state index contributed by atoms with van der Waals surface area (Å²) in [5.41, 5.74) is 17.8. The minimum Gasteiger partial charge on any atom is -0.496 e. The number of primary amides is 1. The van der Waals surface area contributed by atoms with Crippen molar-refractivity contribution in [2.24, 2.45) is 11.5 Å². The molecule has 0 saturated heterocycles. The number of hydrogen-bond acceptors (Lipinski definition) is 7. The molecule has 1 atom stereocenters. The van der Waals surface area contributed by atoms with E-state index >= 15 is 0 Å². The van der Waals surface area contributed by atoms with E-state index < -0.39 is 23.8 Å². The highest BCUT2D eigenvalue weighted by atomic mass is 16.5. The zero-order valence-electron chi connectivity index (χ0n) is 18.1. The molecule has 0 saturated carbocycles. The van der Waals surface area contributed by atoms with Gasteiger partial charge in [0.25, 0.3) is 11.8 Å². The Morgan fingerprint density at radius 1 is 0.969 bits per heavy atom. The first-order valence-electron chi connectivity index (χ1n) is 10.0. The van der Waals surface area contributed by atoms with Gasteiger partial charge in [-0.1, -0.05) is 0 Å². The zero-order chi connectivity index (χ0) is 23.7. The molecule has 172 valence electrons. The Hall–Kier alpha value is -3.79. The summed E-state index contributed by atoms with van der Waals surface area (Å²) in [7, 11) is 2.85. The van der Waals surface area contributed by atoms with E-state index in [2.05, 4.69) is 10.6 Å². The van der Waals surface area contributed by atoms with E-state index in [0.29, 0.717) is 42.9 Å².